The molecule has 2 rings (SSSR count). The molecule has 0 fully saturated rings. The lowest BCUT2D eigenvalue weighted by Gasteiger charge is -2.08. The van der Waals surface area contributed by atoms with Gasteiger partial charge in [-0.15, -0.1) is 0 Å². The Morgan fingerprint density at radius 2 is 2.18 bits per heavy atom. The van der Waals surface area contributed by atoms with Gasteiger partial charge in [0.1, 0.15) is 5.75 Å². The summed E-state index contributed by atoms with van der Waals surface area (Å²) in [5.41, 5.74) is 6.55. The molecular formula is C12H11BrN2OS. The molecular weight excluding hydrogens is 300 g/mol. The monoisotopic (exact) mass is 310 g/mol. The number of hydrogen-bond donors (Lipinski definition) is 1. The van der Waals surface area contributed by atoms with Crippen LogP contribution in [0.15, 0.2) is 50.9 Å². The van der Waals surface area contributed by atoms with Crippen molar-refractivity contribution in [1.82, 2.24) is 4.98 Å². The Labute approximate surface area is 113 Å². The summed E-state index contributed by atoms with van der Waals surface area (Å²) in [6.07, 6.45) is 3.38. The van der Waals surface area contributed by atoms with E-state index in [0.29, 0.717) is 5.69 Å². The van der Waals surface area contributed by atoms with Crippen molar-refractivity contribution in [3.8, 4) is 5.75 Å². The molecule has 1 aromatic heterocycles. The molecule has 0 radical (unpaired) electrons. The third-order valence-corrected chi connectivity index (χ3v) is 4.15. The van der Waals surface area contributed by atoms with Crippen LogP contribution < -0.4 is 10.5 Å². The number of rotatable bonds is 3. The van der Waals surface area contributed by atoms with Gasteiger partial charge in [0.2, 0.25) is 0 Å². The number of hydrogen-bond acceptors (Lipinski definition) is 4. The maximum atomic E-state index is 5.90. The van der Waals surface area contributed by atoms with Crippen LogP contribution in [0.1, 0.15) is 0 Å². The first-order chi connectivity index (χ1) is 8.20. The number of benzene rings is 1. The second kappa shape index (κ2) is 5.42. The summed E-state index contributed by atoms with van der Waals surface area (Å²) < 4.78 is 6.08. The molecule has 88 valence electrons. The van der Waals surface area contributed by atoms with Gasteiger partial charge >= 0.3 is 0 Å². The summed E-state index contributed by atoms with van der Waals surface area (Å²) in [5, 5.41) is 0. The second-order valence-corrected chi connectivity index (χ2v) is 5.26. The fourth-order valence-corrected chi connectivity index (χ4v) is 2.80. The molecule has 0 spiro atoms. The minimum Gasteiger partial charge on any atom is -0.497 e. The molecule has 17 heavy (non-hydrogen) atoms. The Kier molecular flexibility index (Phi) is 3.91. The van der Waals surface area contributed by atoms with Crippen LogP contribution >= 0.6 is 27.7 Å². The molecule has 0 aliphatic rings. The second-order valence-electron chi connectivity index (χ2n) is 3.32. The molecule has 5 heteroatoms. The normalized spacial score (nSPS) is 10.2. The number of aromatic nitrogens is 1. The molecule has 3 nitrogen and oxygen atoms in total. The fraction of sp³-hybridized carbons (Fsp3) is 0.0833. The van der Waals surface area contributed by atoms with Crippen molar-refractivity contribution in [3.63, 3.8) is 0 Å². The predicted octanol–water partition coefficient (Wildman–Crippen LogP) is 3.59. The summed E-state index contributed by atoms with van der Waals surface area (Å²) in [7, 11) is 1.65. The fourth-order valence-electron chi connectivity index (χ4n) is 1.33. The van der Waals surface area contributed by atoms with Gasteiger partial charge in [0.15, 0.2) is 0 Å². The highest BCUT2D eigenvalue weighted by atomic mass is 79.9. The average molecular weight is 311 g/mol. The van der Waals surface area contributed by atoms with Gasteiger partial charge in [-0.3, -0.25) is 4.98 Å². The van der Waals surface area contributed by atoms with Gasteiger partial charge in [0, 0.05) is 11.1 Å². The summed E-state index contributed by atoms with van der Waals surface area (Å²) in [6, 6.07) is 7.85. The first kappa shape index (κ1) is 12.3. The lowest BCUT2D eigenvalue weighted by Crippen LogP contribution is -1.91. The lowest BCUT2D eigenvalue weighted by atomic mass is 10.3. The quantitative estimate of drug-likeness (QED) is 0.941. The zero-order valence-corrected chi connectivity index (χ0v) is 11.6. The SMILES string of the molecule is COc1cccc(Sc2c(N)cncc2Br)c1. The van der Waals surface area contributed by atoms with Gasteiger partial charge < -0.3 is 10.5 Å². The van der Waals surface area contributed by atoms with Gasteiger partial charge in [-0.2, -0.15) is 0 Å². The van der Waals surface area contributed by atoms with Crippen molar-refractivity contribution < 1.29 is 4.74 Å². The summed E-state index contributed by atoms with van der Waals surface area (Å²) in [6.45, 7) is 0. The Bertz CT molecular complexity index is 513. The van der Waals surface area contributed by atoms with E-state index < -0.39 is 0 Å². The minimum atomic E-state index is 0.659. The minimum absolute atomic E-state index is 0.659. The maximum absolute atomic E-state index is 5.90. The number of pyridine rings is 1. The first-order valence-electron chi connectivity index (χ1n) is 4.91. The predicted molar refractivity (Wildman–Crippen MR) is 73.5 cm³/mol. The number of nitrogen functional groups attached to an aromatic ring is 1. The molecule has 2 aromatic rings. The van der Waals surface area contributed by atoms with Gasteiger partial charge in [-0.1, -0.05) is 17.8 Å². The number of methoxy groups -OCH3 is 1. The largest absolute Gasteiger partial charge is 0.497 e. The van der Waals surface area contributed by atoms with Crippen LogP contribution in [-0.2, 0) is 0 Å². The highest BCUT2D eigenvalue weighted by Gasteiger charge is 2.07. The van der Waals surface area contributed by atoms with Crippen LogP contribution in [0.2, 0.25) is 0 Å². The van der Waals surface area contributed by atoms with E-state index in [0.717, 1.165) is 20.0 Å². The number of ether oxygens (including phenoxy) is 1. The van der Waals surface area contributed by atoms with Crippen molar-refractivity contribution in [1.29, 1.82) is 0 Å². The van der Waals surface area contributed by atoms with E-state index in [-0.39, 0.29) is 0 Å². The van der Waals surface area contributed by atoms with Gasteiger partial charge in [-0.25, -0.2) is 0 Å². The molecule has 0 saturated heterocycles. The molecule has 0 bridgehead atoms. The summed E-state index contributed by atoms with van der Waals surface area (Å²) >= 11 is 5.02. The van der Waals surface area contributed by atoms with E-state index in [4.69, 9.17) is 10.5 Å². The summed E-state index contributed by atoms with van der Waals surface area (Å²) in [5.74, 6) is 0.832. The van der Waals surface area contributed by atoms with Crippen molar-refractivity contribution in [3.05, 3.63) is 41.1 Å². The Morgan fingerprint density at radius 1 is 1.35 bits per heavy atom. The number of anilines is 1. The standard InChI is InChI=1S/C12H11BrN2OS/c1-16-8-3-2-4-9(5-8)17-12-10(13)6-15-7-11(12)14/h2-7H,14H2,1H3. The molecule has 0 amide bonds. The van der Waals surface area contributed by atoms with Crippen LogP contribution in [0, 0.1) is 0 Å². The zero-order chi connectivity index (χ0) is 12.3. The highest BCUT2D eigenvalue weighted by Crippen LogP contribution is 2.37. The molecule has 0 unspecified atom stereocenters. The van der Waals surface area contributed by atoms with Crippen LogP contribution in [0.3, 0.4) is 0 Å². The van der Waals surface area contributed by atoms with E-state index >= 15 is 0 Å². The smallest absolute Gasteiger partial charge is 0.119 e. The van der Waals surface area contributed by atoms with Crippen LogP contribution in [0.5, 0.6) is 5.75 Å². The van der Waals surface area contributed by atoms with E-state index in [1.165, 1.54) is 0 Å². The van der Waals surface area contributed by atoms with Gasteiger partial charge in [0.25, 0.3) is 0 Å². The molecule has 1 aromatic carbocycles. The molecule has 0 aliphatic heterocycles. The van der Waals surface area contributed by atoms with Crippen LogP contribution in [0.4, 0.5) is 5.69 Å². The lowest BCUT2D eigenvalue weighted by molar-refractivity contribution is 0.413. The Hall–Kier alpha value is -1.20. The van der Waals surface area contributed by atoms with E-state index in [1.807, 2.05) is 24.3 Å². The molecule has 1 heterocycles. The van der Waals surface area contributed by atoms with Crippen LogP contribution in [0.25, 0.3) is 0 Å². The number of nitrogens with two attached hydrogens (primary N) is 1. The third-order valence-electron chi connectivity index (χ3n) is 2.14. The summed E-state index contributed by atoms with van der Waals surface area (Å²) in [4.78, 5) is 6.05. The highest BCUT2D eigenvalue weighted by molar-refractivity contribution is 9.10. The first-order valence-corrected chi connectivity index (χ1v) is 6.52. The van der Waals surface area contributed by atoms with Crippen LogP contribution in [-0.4, -0.2) is 12.1 Å². The molecule has 0 atom stereocenters. The molecule has 0 saturated carbocycles. The van der Waals surface area contributed by atoms with E-state index in [2.05, 4.69) is 20.9 Å². The number of nitrogens with zero attached hydrogens (tertiary/aromatic N) is 1. The third kappa shape index (κ3) is 2.92. The molecule has 2 N–H and O–H groups in total. The van der Waals surface area contributed by atoms with Gasteiger partial charge in [-0.05, 0) is 34.1 Å². The number of halogens is 1. The van der Waals surface area contributed by atoms with Crippen molar-refractivity contribution in [2.75, 3.05) is 12.8 Å². The Morgan fingerprint density at radius 3 is 2.88 bits per heavy atom. The topological polar surface area (TPSA) is 48.1 Å². The Balaban J connectivity index is 2.31. The van der Waals surface area contributed by atoms with Crippen molar-refractivity contribution in [2.45, 2.75) is 9.79 Å². The van der Waals surface area contributed by atoms with E-state index in [1.54, 1.807) is 31.3 Å². The molecule has 0 aliphatic carbocycles. The van der Waals surface area contributed by atoms with E-state index in [9.17, 15) is 0 Å². The average Bonchev–Trinajstić information content (AvgIpc) is 2.34. The van der Waals surface area contributed by atoms with Crippen molar-refractivity contribution >= 4 is 33.4 Å². The zero-order valence-electron chi connectivity index (χ0n) is 9.18. The maximum Gasteiger partial charge on any atom is 0.119 e. The van der Waals surface area contributed by atoms with Gasteiger partial charge in [0.05, 0.1) is 28.4 Å². The van der Waals surface area contributed by atoms with Crippen molar-refractivity contribution in [2.24, 2.45) is 0 Å².